The molecule has 0 aromatic heterocycles. The largest absolute Gasteiger partial charge is 0.497 e. The first kappa shape index (κ1) is 18.0. The molecule has 0 unspecified atom stereocenters. The lowest BCUT2D eigenvalue weighted by molar-refractivity contribution is -0.145. The lowest BCUT2D eigenvalue weighted by Crippen LogP contribution is -2.46. The molecule has 2 aromatic rings. The fourth-order valence-corrected chi connectivity index (χ4v) is 3.13. The summed E-state index contributed by atoms with van der Waals surface area (Å²) in [5.74, 6) is 0.755. The minimum atomic E-state index is -2.00. The van der Waals surface area contributed by atoms with Gasteiger partial charge in [-0.1, -0.05) is 6.07 Å². The van der Waals surface area contributed by atoms with Crippen molar-refractivity contribution < 1.29 is 29.2 Å². The van der Waals surface area contributed by atoms with Crippen molar-refractivity contribution in [2.24, 2.45) is 0 Å². The van der Waals surface area contributed by atoms with Gasteiger partial charge < -0.3 is 29.7 Å². The average Bonchev–Trinajstić information content (AvgIpc) is 2.91. The topological polar surface area (TPSA) is 97.3 Å². The molecule has 1 aliphatic rings. The number of benzene rings is 2. The molecular formula is C19H21NO6. The third-order valence-electron chi connectivity index (χ3n) is 4.57. The Hall–Kier alpha value is -2.77. The zero-order valence-electron chi connectivity index (χ0n) is 14.8. The van der Waals surface area contributed by atoms with E-state index in [0.29, 0.717) is 34.1 Å². The molecule has 7 heteroatoms. The number of aliphatic hydroxyl groups is 2. The first-order valence-electron chi connectivity index (χ1n) is 8.03. The fourth-order valence-electron chi connectivity index (χ4n) is 3.13. The Balaban J connectivity index is 1.88. The Morgan fingerprint density at radius 1 is 1.12 bits per heavy atom. The number of carbonyl (C=O) groups excluding carboxylic acids is 1. The number of ether oxygens (including phenoxy) is 3. The number of hydrogen-bond acceptors (Lipinski definition) is 6. The van der Waals surface area contributed by atoms with Gasteiger partial charge in [0.15, 0.2) is 17.1 Å². The summed E-state index contributed by atoms with van der Waals surface area (Å²) in [5, 5.41) is 24.1. The molecule has 0 bridgehead atoms. The van der Waals surface area contributed by atoms with Crippen molar-refractivity contribution in [3.8, 4) is 17.2 Å². The molecule has 0 radical (unpaired) electrons. The molecule has 7 nitrogen and oxygen atoms in total. The summed E-state index contributed by atoms with van der Waals surface area (Å²) < 4.78 is 15.6. The van der Waals surface area contributed by atoms with Gasteiger partial charge in [0.1, 0.15) is 11.9 Å². The van der Waals surface area contributed by atoms with Crippen LogP contribution in [0.4, 0.5) is 5.69 Å². The number of aliphatic hydroxyl groups excluding tert-OH is 1. The standard InChI is InChI=1S/C19H21NO6/c1-24-13-6-4-5-12(8-13)20-18(22)19(23)10-11-7-15(25-2)16(26-3)9-14(11)17(19)21/h4-9,17,21,23H,10H2,1-3H3,(H,20,22)/t17-,19+/m1/s1. The van der Waals surface area contributed by atoms with Crippen LogP contribution in [0.5, 0.6) is 17.2 Å². The molecule has 3 N–H and O–H groups in total. The predicted octanol–water partition coefficient (Wildman–Crippen LogP) is 1.67. The van der Waals surface area contributed by atoms with Crippen molar-refractivity contribution >= 4 is 11.6 Å². The quantitative estimate of drug-likeness (QED) is 0.751. The van der Waals surface area contributed by atoms with E-state index in [2.05, 4.69) is 5.32 Å². The lowest BCUT2D eigenvalue weighted by atomic mass is 9.96. The van der Waals surface area contributed by atoms with Crippen LogP contribution in [-0.4, -0.2) is 43.1 Å². The van der Waals surface area contributed by atoms with E-state index in [1.807, 2.05) is 0 Å². The van der Waals surface area contributed by atoms with E-state index < -0.39 is 17.6 Å². The van der Waals surface area contributed by atoms with Gasteiger partial charge in [0.25, 0.3) is 5.91 Å². The van der Waals surface area contributed by atoms with Crippen LogP contribution in [0.25, 0.3) is 0 Å². The van der Waals surface area contributed by atoms with Gasteiger partial charge in [-0.3, -0.25) is 4.79 Å². The maximum atomic E-state index is 12.7. The van der Waals surface area contributed by atoms with Gasteiger partial charge >= 0.3 is 0 Å². The Kier molecular flexibility index (Phi) is 4.76. The van der Waals surface area contributed by atoms with E-state index in [9.17, 15) is 15.0 Å². The van der Waals surface area contributed by atoms with Gasteiger partial charge in [-0.25, -0.2) is 0 Å². The molecule has 1 aliphatic carbocycles. The third kappa shape index (κ3) is 2.95. The summed E-state index contributed by atoms with van der Waals surface area (Å²) in [5.41, 5.74) is -0.478. The Bertz CT molecular complexity index is 837. The summed E-state index contributed by atoms with van der Waals surface area (Å²) in [6.45, 7) is 0. The van der Waals surface area contributed by atoms with Crippen molar-refractivity contribution in [2.75, 3.05) is 26.6 Å². The highest BCUT2D eigenvalue weighted by molar-refractivity contribution is 5.99. The van der Waals surface area contributed by atoms with Crippen molar-refractivity contribution in [3.63, 3.8) is 0 Å². The highest BCUT2D eigenvalue weighted by atomic mass is 16.5. The maximum absolute atomic E-state index is 12.7. The van der Waals surface area contributed by atoms with Gasteiger partial charge in [-0.05, 0) is 35.4 Å². The summed E-state index contributed by atoms with van der Waals surface area (Å²) >= 11 is 0. The van der Waals surface area contributed by atoms with Crippen LogP contribution in [0.3, 0.4) is 0 Å². The molecule has 0 heterocycles. The molecular weight excluding hydrogens is 338 g/mol. The minimum Gasteiger partial charge on any atom is -0.497 e. The highest BCUT2D eigenvalue weighted by Crippen LogP contribution is 2.44. The number of carbonyl (C=O) groups is 1. The normalized spacial score (nSPS) is 21.0. The van der Waals surface area contributed by atoms with Crippen molar-refractivity contribution in [1.82, 2.24) is 0 Å². The predicted molar refractivity (Wildman–Crippen MR) is 94.8 cm³/mol. The van der Waals surface area contributed by atoms with E-state index in [4.69, 9.17) is 14.2 Å². The molecule has 138 valence electrons. The van der Waals surface area contributed by atoms with Crippen molar-refractivity contribution in [2.45, 2.75) is 18.1 Å². The zero-order valence-corrected chi connectivity index (χ0v) is 14.8. The van der Waals surface area contributed by atoms with Crippen molar-refractivity contribution in [1.29, 1.82) is 0 Å². The maximum Gasteiger partial charge on any atom is 0.259 e. The Morgan fingerprint density at radius 3 is 2.46 bits per heavy atom. The number of anilines is 1. The first-order chi connectivity index (χ1) is 12.4. The Morgan fingerprint density at radius 2 is 1.81 bits per heavy atom. The van der Waals surface area contributed by atoms with E-state index in [0.717, 1.165) is 0 Å². The molecule has 2 atom stereocenters. The average molecular weight is 359 g/mol. The minimum absolute atomic E-state index is 0.0420. The van der Waals surface area contributed by atoms with E-state index in [-0.39, 0.29) is 6.42 Å². The third-order valence-corrected chi connectivity index (χ3v) is 4.57. The van der Waals surface area contributed by atoms with Crippen LogP contribution in [0.15, 0.2) is 36.4 Å². The molecule has 0 spiro atoms. The SMILES string of the molecule is COc1cccc(NC(=O)[C@]2(O)Cc3cc(OC)c(OC)cc3[C@H]2O)c1. The lowest BCUT2D eigenvalue weighted by Gasteiger charge is -2.25. The fraction of sp³-hybridized carbons (Fsp3) is 0.316. The molecule has 26 heavy (non-hydrogen) atoms. The number of hydrogen-bond donors (Lipinski definition) is 3. The van der Waals surface area contributed by atoms with Gasteiger partial charge in [-0.15, -0.1) is 0 Å². The molecule has 1 amide bonds. The number of amides is 1. The van der Waals surface area contributed by atoms with Gasteiger partial charge in [0.05, 0.1) is 21.3 Å². The number of nitrogens with one attached hydrogen (secondary N) is 1. The van der Waals surface area contributed by atoms with Gasteiger partial charge in [-0.2, -0.15) is 0 Å². The number of methoxy groups -OCH3 is 3. The van der Waals surface area contributed by atoms with Crippen molar-refractivity contribution in [3.05, 3.63) is 47.5 Å². The summed E-state index contributed by atoms with van der Waals surface area (Å²) in [4.78, 5) is 12.7. The summed E-state index contributed by atoms with van der Waals surface area (Å²) in [6, 6.07) is 9.99. The van der Waals surface area contributed by atoms with Gasteiger partial charge in [0.2, 0.25) is 0 Å². The second kappa shape index (κ2) is 6.86. The summed E-state index contributed by atoms with van der Waals surface area (Å²) in [6.07, 6.45) is -1.43. The van der Waals surface area contributed by atoms with Crippen LogP contribution in [0.2, 0.25) is 0 Å². The van der Waals surface area contributed by atoms with Crippen LogP contribution < -0.4 is 19.5 Å². The molecule has 0 aliphatic heterocycles. The number of fused-ring (bicyclic) bond motifs is 1. The molecule has 2 aromatic carbocycles. The second-order valence-corrected chi connectivity index (χ2v) is 6.10. The number of rotatable bonds is 5. The zero-order chi connectivity index (χ0) is 18.9. The van der Waals surface area contributed by atoms with Crippen LogP contribution >= 0.6 is 0 Å². The molecule has 3 rings (SSSR count). The van der Waals surface area contributed by atoms with E-state index in [1.54, 1.807) is 36.4 Å². The smallest absolute Gasteiger partial charge is 0.259 e. The molecule has 0 saturated carbocycles. The monoisotopic (exact) mass is 359 g/mol. The van der Waals surface area contributed by atoms with Crippen LogP contribution in [-0.2, 0) is 11.2 Å². The van der Waals surface area contributed by atoms with E-state index in [1.165, 1.54) is 21.3 Å². The second-order valence-electron chi connectivity index (χ2n) is 6.10. The van der Waals surface area contributed by atoms with E-state index >= 15 is 0 Å². The van der Waals surface area contributed by atoms with Crippen LogP contribution in [0.1, 0.15) is 17.2 Å². The first-order valence-corrected chi connectivity index (χ1v) is 8.03. The van der Waals surface area contributed by atoms with Gasteiger partial charge in [0, 0.05) is 18.2 Å². The van der Waals surface area contributed by atoms with Crippen LogP contribution in [0, 0.1) is 0 Å². The molecule has 0 saturated heterocycles. The Labute approximate surface area is 151 Å². The highest BCUT2D eigenvalue weighted by Gasteiger charge is 2.50. The summed E-state index contributed by atoms with van der Waals surface area (Å²) in [7, 11) is 4.50. The molecule has 0 fully saturated rings.